The summed E-state index contributed by atoms with van der Waals surface area (Å²) in [5, 5.41) is 2.71. The van der Waals surface area contributed by atoms with Crippen molar-refractivity contribution in [3.8, 4) is 0 Å². The van der Waals surface area contributed by atoms with E-state index >= 15 is 0 Å². The van der Waals surface area contributed by atoms with Crippen molar-refractivity contribution < 1.29 is 21.6 Å². The summed E-state index contributed by atoms with van der Waals surface area (Å²) in [7, 11) is -5.87. The summed E-state index contributed by atoms with van der Waals surface area (Å²) >= 11 is 0. The van der Waals surface area contributed by atoms with E-state index in [1.807, 2.05) is 0 Å². The molecule has 2 aliphatic rings. The molecule has 8 heteroatoms. The van der Waals surface area contributed by atoms with Gasteiger partial charge in [0.2, 0.25) is 5.91 Å². The summed E-state index contributed by atoms with van der Waals surface area (Å²) in [6, 6.07) is -0.273. The molecule has 0 saturated carbocycles. The monoisotopic (exact) mass is 309 g/mol. The topological polar surface area (TPSA) is 97.4 Å². The zero-order valence-electron chi connectivity index (χ0n) is 10.7. The third kappa shape index (κ3) is 4.45. The summed E-state index contributed by atoms with van der Waals surface area (Å²) in [5.74, 6) is 0.461. The molecule has 2 aliphatic heterocycles. The van der Waals surface area contributed by atoms with Crippen LogP contribution >= 0.6 is 0 Å². The minimum Gasteiger partial charge on any atom is -0.352 e. The molecule has 0 aromatic carbocycles. The second-order valence-corrected chi connectivity index (χ2v) is 9.93. The van der Waals surface area contributed by atoms with E-state index < -0.39 is 19.7 Å². The van der Waals surface area contributed by atoms with E-state index in [1.165, 1.54) is 0 Å². The van der Waals surface area contributed by atoms with Crippen LogP contribution < -0.4 is 5.32 Å². The van der Waals surface area contributed by atoms with Gasteiger partial charge in [0, 0.05) is 12.5 Å². The van der Waals surface area contributed by atoms with Crippen LogP contribution in [0.3, 0.4) is 0 Å². The molecule has 1 N–H and O–H groups in total. The first-order valence-electron chi connectivity index (χ1n) is 6.46. The number of hydrogen-bond acceptors (Lipinski definition) is 5. The van der Waals surface area contributed by atoms with Gasteiger partial charge in [-0.05, 0) is 25.2 Å². The molecule has 110 valence electrons. The van der Waals surface area contributed by atoms with Crippen LogP contribution in [0.4, 0.5) is 0 Å². The average molecular weight is 309 g/mol. The van der Waals surface area contributed by atoms with Gasteiger partial charge in [0.15, 0.2) is 19.7 Å². The van der Waals surface area contributed by atoms with E-state index in [2.05, 4.69) is 5.32 Å². The van der Waals surface area contributed by atoms with Crippen LogP contribution in [-0.2, 0) is 24.5 Å². The van der Waals surface area contributed by atoms with Crippen molar-refractivity contribution in [1.82, 2.24) is 5.32 Å². The van der Waals surface area contributed by atoms with Gasteiger partial charge >= 0.3 is 0 Å². The quantitative estimate of drug-likeness (QED) is 0.755. The SMILES string of the molecule is O=C(CCC1CCS(=O)(=O)C1)NC1CCS(=O)(=O)C1. The van der Waals surface area contributed by atoms with Crippen LogP contribution in [-0.4, -0.2) is 51.8 Å². The molecule has 0 aliphatic carbocycles. The Morgan fingerprint density at radius 3 is 2.16 bits per heavy atom. The lowest BCUT2D eigenvalue weighted by molar-refractivity contribution is -0.121. The summed E-state index contributed by atoms with van der Waals surface area (Å²) in [5.41, 5.74) is 0. The van der Waals surface area contributed by atoms with E-state index in [0.29, 0.717) is 19.3 Å². The summed E-state index contributed by atoms with van der Waals surface area (Å²) in [4.78, 5) is 11.7. The Morgan fingerprint density at radius 2 is 1.63 bits per heavy atom. The Hall–Kier alpha value is -0.630. The van der Waals surface area contributed by atoms with Crippen molar-refractivity contribution in [3.05, 3.63) is 0 Å². The van der Waals surface area contributed by atoms with Crippen molar-refractivity contribution in [2.75, 3.05) is 23.0 Å². The van der Waals surface area contributed by atoms with Crippen LogP contribution in [0.15, 0.2) is 0 Å². The smallest absolute Gasteiger partial charge is 0.220 e. The molecule has 2 atom stereocenters. The summed E-state index contributed by atoms with van der Waals surface area (Å²) < 4.78 is 45.0. The van der Waals surface area contributed by atoms with E-state index in [0.717, 1.165) is 0 Å². The Labute approximate surface area is 113 Å². The second-order valence-electron chi connectivity index (χ2n) is 5.48. The molecule has 0 radical (unpaired) electrons. The summed E-state index contributed by atoms with van der Waals surface area (Å²) in [6.07, 6.45) is 1.95. The molecule has 2 unspecified atom stereocenters. The van der Waals surface area contributed by atoms with Crippen molar-refractivity contribution in [2.24, 2.45) is 5.92 Å². The van der Waals surface area contributed by atoms with E-state index in [1.54, 1.807) is 0 Å². The highest BCUT2D eigenvalue weighted by molar-refractivity contribution is 7.91. The van der Waals surface area contributed by atoms with Crippen molar-refractivity contribution in [1.29, 1.82) is 0 Å². The molecule has 2 heterocycles. The number of sulfone groups is 2. The second kappa shape index (κ2) is 5.40. The lowest BCUT2D eigenvalue weighted by atomic mass is 10.0. The first kappa shape index (κ1) is 14.8. The Morgan fingerprint density at radius 1 is 1.00 bits per heavy atom. The molecule has 2 rings (SSSR count). The molecule has 0 aromatic heterocycles. The van der Waals surface area contributed by atoms with E-state index in [9.17, 15) is 21.6 Å². The van der Waals surface area contributed by atoms with Gasteiger partial charge < -0.3 is 5.32 Å². The Balaban J connectivity index is 1.71. The van der Waals surface area contributed by atoms with Crippen LogP contribution in [0.1, 0.15) is 25.7 Å². The molecule has 2 saturated heterocycles. The highest BCUT2D eigenvalue weighted by Gasteiger charge is 2.30. The zero-order chi connectivity index (χ0) is 14.1. The van der Waals surface area contributed by atoms with Gasteiger partial charge in [-0.3, -0.25) is 4.79 Å². The standard InChI is InChI=1S/C11H19NO5S2/c13-11(12-10-4-6-19(16,17)8-10)2-1-9-3-5-18(14,15)7-9/h9-10H,1-8H2,(H,12,13). The molecule has 2 fully saturated rings. The van der Waals surface area contributed by atoms with E-state index in [-0.39, 0.29) is 47.3 Å². The van der Waals surface area contributed by atoms with Gasteiger partial charge in [0.05, 0.1) is 23.0 Å². The van der Waals surface area contributed by atoms with Gasteiger partial charge in [-0.25, -0.2) is 16.8 Å². The Kier molecular flexibility index (Phi) is 4.20. The van der Waals surface area contributed by atoms with Crippen molar-refractivity contribution in [2.45, 2.75) is 31.7 Å². The fourth-order valence-corrected chi connectivity index (χ4v) is 6.23. The number of nitrogens with one attached hydrogen (secondary N) is 1. The van der Waals surface area contributed by atoms with Crippen LogP contribution in [0.2, 0.25) is 0 Å². The van der Waals surface area contributed by atoms with Crippen molar-refractivity contribution >= 4 is 25.6 Å². The number of amides is 1. The number of carbonyl (C=O) groups is 1. The van der Waals surface area contributed by atoms with Crippen molar-refractivity contribution in [3.63, 3.8) is 0 Å². The first-order chi connectivity index (χ1) is 8.76. The fraction of sp³-hybridized carbons (Fsp3) is 0.909. The van der Waals surface area contributed by atoms with E-state index in [4.69, 9.17) is 0 Å². The number of hydrogen-bond donors (Lipinski definition) is 1. The van der Waals surface area contributed by atoms with Gasteiger partial charge in [0.1, 0.15) is 0 Å². The minimum atomic E-state index is -2.98. The maximum atomic E-state index is 11.7. The molecular formula is C11H19NO5S2. The third-order valence-corrected chi connectivity index (χ3v) is 7.31. The molecule has 6 nitrogen and oxygen atoms in total. The van der Waals surface area contributed by atoms with Crippen LogP contribution in [0.25, 0.3) is 0 Å². The molecule has 19 heavy (non-hydrogen) atoms. The molecule has 0 bridgehead atoms. The predicted molar refractivity (Wildman–Crippen MR) is 71.2 cm³/mol. The predicted octanol–water partition coefficient (Wildman–Crippen LogP) is -0.495. The van der Waals surface area contributed by atoms with Crippen LogP contribution in [0.5, 0.6) is 0 Å². The summed E-state index contributed by atoms with van der Waals surface area (Å²) in [6.45, 7) is 0. The minimum absolute atomic E-state index is 0.0244. The zero-order valence-corrected chi connectivity index (χ0v) is 12.3. The van der Waals surface area contributed by atoms with Gasteiger partial charge in [-0.15, -0.1) is 0 Å². The maximum absolute atomic E-state index is 11.7. The molecule has 0 aromatic rings. The third-order valence-electron chi connectivity index (χ3n) is 3.70. The normalized spacial score (nSPS) is 32.2. The lowest BCUT2D eigenvalue weighted by Crippen LogP contribution is -2.35. The molecule has 0 spiro atoms. The lowest BCUT2D eigenvalue weighted by Gasteiger charge is -2.12. The highest BCUT2D eigenvalue weighted by atomic mass is 32.2. The largest absolute Gasteiger partial charge is 0.352 e. The fourth-order valence-electron chi connectivity index (χ4n) is 2.64. The van der Waals surface area contributed by atoms with Gasteiger partial charge in [-0.1, -0.05) is 0 Å². The highest BCUT2D eigenvalue weighted by Crippen LogP contribution is 2.22. The van der Waals surface area contributed by atoms with Gasteiger partial charge in [0.25, 0.3) is 0 Å². The first-order valence-corrected chi connectivity index (χ1v) is 10.1. The number of rotatable bonds is 4. The molecular weight excluding hydrogens is 290 g/mol. The molecule has 1 amide bonds. The van der Waals surface area contributed by atoms with Crippen LogP contribution in [0, 0.1) is 5.92 Å². The Bertz CT molecular complexity index is 552. The average Bonchev–Trinajstić information content (AvgIpc) is 2.78. The number of carbonyl (C=O) groups excluding carboxylic acids is 1. The maximum Gasteiger partial charge on any atom is 0.220 e. The van der Waals surface area contributed by atoms with Gasteiger partial charge in [-0.2, -0.15) is 0 Å².